The molecule has 0 bridgehead atoms. The van der Waals surface area contributed by atoms with E-state index in [4.69, 9.17) is 5.73 Å². The number of benzene rings is 1. The normalized spacial score (nSPS) is 35.3. The third-order valence-electron chi connectivity index (χ3n) is 5.67. The van der Waals surface area contributed by atoms with Gasteiger partial charge in [-0.15, -0.1) is 0 Å². The van der Waals surface area contributed by atoms with Crippen LogP contribution in [0.5, 0.6) is 0 Å². The molecule has 0 aromatic heterocycles. The first-order valence-electron chi connectivity index (χ1n) is 8.82. The van der Waals surface area contributed by atoms with Crippen LogP contribution in [0.15, 0.2) is 30.3 Å². The maximum absolute atomic E-state index is 6.52. The molecule has 21 heavy (non-hydrogen) atoms. The van der Waals surface area contributed by atoms with Crippen LogP contribution in [0.4, 0.5) is 0 Å². The summed E-state index contributed by atoms with van der Waals surface area (Å²) in [6, 6.07) is 12.7. The summed E-state index contributed by atoms with van der Waals surface area (Å²) in [5.74, 6) is 0.700. The van der Waals surface area contributed by atoms with E-state index in [2.05, 4.69) is 42.2 Å². The molecule has 2 aliphatic rings. The van der Waals surface area contributed by atoms with Crippen LogP contribution in [-0.4, -0.2) is 29.6 Å². The van der Waals surface area contributed by atoms with Crippen LogP contribution in [0, 0.1) is 0 Å². The summed E-state index contributed by atoms with van der Waals surface area (Å²) in [4.78, 5) is 2.74. The van der Waals surface area contributed by atoms with Gasteiger partial charge in [0, 0.05) is 18.1 Å². The predicted molar refractivity (Wildman–Crippen MR) is 89.4 cm³/mol. The summed E-state index contributed by atoms with van der Waals surface area (Å²) in [5.41, 5.74) is 8.03. The van der Waals surface area contributed by atoms with Crippen LogP contribution in [0.25, 0.3) is 0 Å². The highest BCUT2D eigenvalue weighted by atomic mass is 15.2. The molecule has 4 unspecified atom stereocenters. The molecule has 1 aromatic carbocycles. The predicted octanol–water partition coefficient (Wildman–Crippen LogP) is 3.91. The van der Waals surface area contributed by atoms with Gasteiger partial charge in [-0.05, 0) is 57.1 Å². The Balaban J connectivity index is 1.73. The lowest BCUT2D eigenvalue weighted by Gasteiger charge is -2.43. The van der Waals surface area contributed by atoms with E-state index in [1.165, 1.54) is 57.1 Å². The van der Waals surface area contributed by atoms with Crippen molar-refractivity contribution in [2.45, 2.75) is 75.9 Å². The second kappa shape index (κ2) is 6.93. The minimum absolute atomic E-state index is 0.366. The van der Waals surface area contributed by atoms with Crippen molar-refractivity contribution in [3.05, 3.63) is 35.9 Å². The molecule has 2 fully saturated rings. The second-order valence-corrected chi connectivity index (χ2v) is 7.09. The van der Waals surface area contributed by atoms with Crippen LogP contribution < -0.4 is 5.73 Å². The van der Waals surface area contributed by atoms with Gasteiger partial charge < -0.3 is 5.73 Å². The summed E-state index contributed by atoms with van der Waals surface area (Å²) in [6.07, 6.45) is 9.16. The van der Waals surface area contributed by atoms with Gasteiger partial charge in [-0.1, -0.05) is 43.2 Å². The van der Waals surface area contributed by atoms with E-state index in [0.717, 1.165) is 0 Å². The van der Waals surface area contributed by atoms with Crippen molar-refractivity contribution < 1.29 is 0 Å². The van der Waals surface area contributed by atoms with E-state index in [0.29, 0.717) is 24.0 Å². The molecule has 2 heteroatoms. The number of rotatable bonds is 2. The molecule has 3 rings (SSSR count). The molecule has 4 atom stereocenters. The summed E-state index contributed by atoms with van der Waals surface area (Å²) in [5, 5.41) is 0. The Bertz CT molecular complexity index is 430. The highest BCUT2D eigenvalue weighted by molar-refractivity contribution is 5.21. The Morgan fingerprint density at radius 1 is 1.00 bits per heavy atom. The fraction of sp³-hybridized carbons (Fsp3) is 0.684. The summed E-state index contributed by atoms with van der Waals surface area (Å²) in [7, 11) is 0. The van der Waals surface area contributed by atoms with Crippen LogP contribution in [0.3, 0.4) is 0 Å². The van der Waals surface area contributed by atoms with E-state index in [9.17, 15) is 0 Å². The van der Waals surface area contributed by atoms with Gasteiger partial charge in [0.2, 0.25) is 0 Å². The zero-order valence-electron chi connectivity index (χ0n) is 13.4. The average molecular weight is 286 g/mol. The lowest BCUT2D eigenvalue weighted by molar-refractivity contribution is 0.0928. The van der Waals surface area contributed by atoms with Gasteiger partial charge in [0.25, 0.3) is 0 Å². The Kier molecular flexibility index (Phi) is 4.97. The van der Waals surface area contributed by atoms with E-state index in [-0.39, 0.29) is 0 Å². The van der Waals surface area contributed by atoms with E-state index in [1.54, 1.807) is 0 Å². The smallest absolute Gasteiger partial charge is 0.0255 e. The zero-order valence-corrected chi connectivity index (χ0v) is 13.4. The van der Waals surface area contributed by atoms with Crippen LogP contribution >= 0.6 is 0 Å². The van der Waals surface area contributed by atoms with Crippen LogP contribution in [-0.2, 0) is 0 Å². The van der Waals surface area contributed by atoms with E-state index in [1.807, 2.05) is 0 Å². The van der Waals surface area contributed by atoms with Crippen molar-refractivity contribution in [1.82, 2.24) is 4.90 Å². The first-order valence-corrected chi connectivity index (χ1v) is 8.82. The molecule has 2 nitrogen and oxygen atoms in total. The van der Waals surface area contributed by atoms with Crippen molar-refractivity contribution >= 4 is 0 Å². The van der Waals surface area contributed by atoms with Crippen molar-refractivity contribution in [2.24, 2.45) is 5.73 Å². The van der Waals surface area contributed by atoms with Crippen molar-refractivity contribution in [3.8, 4) is 0 Å². The Hall–Kier alpha value is -0.860. The molecule has 0 amide bonds. The molecule has 0 spiro atoms. The number of nitrogens with zero attached hydrogens (tertiary/aromatic N) is 1. The van der Waals surface area contributed by atoms with Crippen LogP contribution in [0.1, 0.15) is 63.4 Å². The van der Waals surface area contributed by atoms with Gasteiger partial charge in [0.15, 0.2) is 0 Å². The molecular formula is C19H30N2. The minimum Gasteiger partial charge on any atom is -0.326 e. The number of hydrogen-bond donors (Lipinski definition) is 1. The minimum atomic E-state index is 0.366. The fourth-order valence-corrected chi connectivity index (χ4v) is 4.37. The molecule has 1 saturated carbocycles. The van der Waals surface area contributed by atoms with Crippen LogP contribution in [0.2, 0.25) is 0 Å². The third kappa shape index (κ3) is 3.49. The molecule has 1 aliphatic carbocycles. The summed E-state index contributed by atoms with van der Waals surface area (Å²) >= 11 is 0. The van der Waals surface area contributed by atoms with E-state index < -0.39 is 0 Å². The lowest BCUT2D eigenvalue weighted by Crippen LogP contribution is -2.53. The first-order chi connectivity index (χ1) is 10.3. The number of hydrogen-bond acceptors (Lipinski definition) is 2. The number of likely N-dealkylation sites (tertiary alicyclic amines) is 1. The number of nitrogens with two attached hydrogens (primary N) is 1. The van der Waals surface area contributed by atoms with Gasteiger partial charge in [-0.2, -0.15) is 0 Å². The lowest BCUT2D eigenvalue weighted by atomic mass is 9.78. The topological polar surface area (TPSA) is 29.3 Å². The molecule has 0 radical (unpaired) electrons. The molecule has 1 heterocycles. The van der Waals surface area contributed by atoms with Gasteiger partial charge in [-0.25, -0.2) is 0 Å². The van der Waals surface area contributed by atoms with E-state index >= 15 is 0 Å². The van der Waals surface area contributed by atoms with Gasteiger partial charge >= 0.3 is 0 Å². The third-order valence-corrected chi connectivity index (χ3v) is 5.67. The first kappa shape index (κ1) is 15.1. The molecule has 1 saturated heterocycles. The standard InChI is InChI=1S/C19H30N2/c1-15-8-4-3-7-13-21(15)19-14-17(11-12-18(19)20)16-9-5-2-6-10-16/h2,5-6,9-10,15,17-19H,3-4,7-8,11-14,20H2,1H3. The molecule has 2 N–H and O–H groups in total. The Labute approximate surface area is 129 Å². The Morgan fingerprint density at radius 3 is 2.62 bits per heavy atom. The summed E-state index contributed by atoms with van der Waals surface area (Å²) < 4.78 is 0. The highest BCUT2D eigenvalue weighted by Gasteiger charge is 2.35. The molecular weight excluding hydrogens is 256 g/mol. The highest BCUT2D eigenvalue weighted by Crippen LogP contribution is 2.36. The van der Waals surface area contributed by atoms with Gasteiger partial charge in [0.1, 0.15) is 0 Å². The molecule has 116 valence electrons. The van der Waals surface area contributed by atoms with Gasteiger partial charge in [-0.3, -0.25) is 4.90 Å². The SMILES string of the molecule is CC1CCCCCN1C1CC(c2ccccc2)CCC1N. The molecule has 1 aliphatic heterocycles. The van der Waals surface area contributed by atoms with Crippen molar-refractivity contribution in [2.75, 3.05) is 6.54 Å². The maximum atomic E-state index is 6.52. The quantitative estimate of drug-likeness (QED) is 0.893. The van der Waals surface area contributed by atoms with Gasteiger partial charge in [0.05, 0.1) is 0 Å². The maximum Gasteiger partial charge on any atom is 0.0255 e. The fourth-order valence-electron chi connectivity index (χ4n) is 4.37. The largest absolute Gasteiger partial charge is 0.326 e. The Morgan fingerprint density at radius 2 is 1.81 bits per heavy atom. The molecule has 1 aromatic rings. The van der Waals surface area contributed by atoms with Crippen molar-refractivity contribution in [1.29, 1.82) is 0 Å². The monoisotopic (exact) mass is 286 g/mol. The average Bonchev–Trinajstić information content (AvgIpc) is 2.73. The van der Waals surface area contributed by atoms with Crippen molar-refractivity contribution in [3.63, 3.8) is 0 Å². The summed E-state index contributed by atoms with van der Waals surface area (Å²) in [6.45, 7) is 3.66. The zero-order chi connectivity index (χ0) is 14.7. The second-order valence-electron chi connectivity index (χ2n) is 7.09.